The minimum absolute atomic E-state index is 0.0586. The van der Waals surface area contributed by atoms with Gasteiger partial charge < -0.3 is 5.32 Å². The van der Waals surface area contributed by atoms with E-state index < -0.39 is 11.6 Å². The lowest BCUT2D eigenvalue weighted by molar-refractivity contribution is 0.372. The monoisotopic (exact) mass is 285 g/mol. The molecule has 1 aromatic rings. The molecule has 4 heteroatoms. The summed E-state index contributed by atoms with van der Waals surface area (Å²) >= 11 is 2.00. The molecule has 19 heavy (non-hydrogen) atoms. The molecule has 1 N–H and O–H groups in total. The molecule has 1 aliphatic heterocycles. The van der Waals surface area contributed by atoms with Crippen molar-refractivity contribution in [1.29, 1.82) is 0 Å². The van der Waals surface area contributed by atoms with Crippen molar-refractivity contribution in [3.05, 3.63) is 35.4 Å². The highest BCUT2D eigenvalue weighted by Gasteiger charge is 2.20. The molecule has 0 spiro atoms. The van der Waals surface area contributed by atoms with Crippen molar-refractivity contribution in [2.45, 2.75) is 32.2 Å². The normalized spacial score (nSPS) is 18.5. The zero-order valence-corrected chi connectivity index (χ0v) is 12.1. The maximum absolute atomic E-state index is 13.3. The molecule has 0 saturated carbocycles. The zero-order valence-electron chi connectivity index (χ0n) is 11.3. The van der Waals surface area contributed by atoms with Crippen molar-refractivity contribution >= 4 is 11.8 Å². The summed E-state index contributed by atoms with van der Waals surface area (Å²) in [5, 5.41) is 3.36. The summed E-state index contributed by atoms with van der Waals surface area (Å²) in [7, 11) is 0. The first-order chi connectivity index (χ1) is 9.19. The molecule has 2 rings (SSSR count). The zero-order chi connectivity index (χ0) is 13.7. The summed E-state index contributed by atoms with van der Waals surface area (Å²) in [6.45, 7) is 2.84. The summed E-state index contributed by atoms with van der Waals surface area (Å²) < 4.78 is 26.7. The molecule has 1 heterocycles. The van der Waals surface area contributed by atoms with Crippen LogP contribution in [0.3, 0.4) is 0 Å². The van der Waals surface area contributed by atoms with Crippen molar-refractivity contribution < 1.29 is 8.78 Å². The first kappa shape index (κ1) is 14.8. The van der Waals surface area contributed by atoms with Gasteiger partial charge in [0.25, 0.3) is 0 Å². The average molecular weight is 285 g/mol. The van der Waals surface area contributed by atoms with Crippen LogP contribution in [-0.4, -0.2) is 18.1 Å². The predicted octanol–water partition coefficient (Wildman–Crippen LogP) is 4.15. The Morgan fingerprint density at radius 1 is 1.21 bits per heavy atom. The Morgan fingerprint density at radius 2 is 1.84 bits per heavy atom. The van der Waals surface area contributed by atoms with E-state index in [1.165, 1.54) is 36.5 Å². The second-order valence-electron chi connectivity index (χ2n) is 5.10. The number of rotatable bonds is 5. The molecular weight excluding hydrogens is 264 g/mol. The Balaban J connectivity index is 2.09. The first-order valence-corrected chi connectivity index (χ1v) is 8.11. The lowest BCUT2D eigenvalue weighted by Crippen LogP contribution is -2.25. The summed E-state index contributed by atoms with van der Waals surface area (Å²) in [5.41, 5.74) is 0.734. The largest absolute Gasteiger partial charge is 0.310 e. The van der Waals surface area contributed by atoms with Crippen LogP contribution in [0.4, 0.5) is 8.78 Å². The number of benzene rings is 1. The lowest BCUT2D eigenvalue weighted by Gasteiger charge is -2.27. The van der Waals surface area contributed by atoms with E-state index in [2.05, 4.69) is 5.32 Å². The molecule has 0 amide bonds. The molecule has 0 aliphatic carbocycles. The van der Waals surface area contributed by atoms with Gasteiger partial charge in [0.15, 0.2) is 0 Å². The summed E-state index contributed by atoms with van der Waals surface area (Å²) in [4.78, 5) is 0. The van der Waals surface area contributed by atoms with Gasteiger partial charge in [-0.1, -0.05) is 6.92 Å². The van der Waals surface area contributed by atoms with E-state index >= 15 is 0 Å². The number of hydrogen-bond donors (Lipinski definition) is 1. The fourth-order valence-corrected chi connectivity index (χ4v) is 3.88. The minimum atomic E-state index is -0.489. The number of nitrogens with one attached hydrogen (secondary N) is 1. The highest BCUT2D eigenvalue weighted by atomic mass is 32.2. The van der Waals surface area contributed by atoms with Gasteiger partial charge in [-0.15, -0.1) is 0 Å². The van der Waals surface area contributed by atoms with Gasteiger partial charge in [0.1, 0.15) is 11.6 Å². The van der Waals surface area contributed by atoms with Gasteiger partial charge in [0.05, 0.1) is 0 Å². The second-order valence-corrected chi connectivity index (χ2v) is 6.33. The van der Waals surface area contributed by atoms with E-state index in [0.717, 1.165) is 24.6 Å². The molecule has 1 atom stereocenters. The van der Waals surface area contributed by atoms with Gasteiger partial charge in [0, 0.05) is 12.1 Å². The maximum Gasteiger partial charge on any atom is 0.126 e. The van der Waals surface area contributed by atoms with Gasteiger partial charge in [0.2, 0.25) is 0 Å². The summed E-state index contributed by atoms with van der Waals surface area (Å²) in [5.74, 6) is 2.10. The van der Waals surface area contributed by atoms with Crippen molar-refractivity contribution in [1.82, 2.24) is 5.32 Å². The third-order valence-corrected chi connectivity index (χ3v) is 4.70. The van der Waals surface area contributed by atoms with Crippen molar-refractivity contribution in [2.75, 3.05) is 18.1 Å². The Bertz CT molecular complexity index is 385. The molecule has 0 radical (unpaired) electrons. The van der Waals surface area contributed by atoms with E-state index in [1.54, 1.807) is 0 Å². The molecule has 1 nitrogen and oxygen atoms in total. The number of thioether (sulfide) groups is 1. The fourth-order valence-electron chi connectivity index (χ4n) is 2.68. The van der Waals surface area contributed by atoms with Crippen LogP contribution in [0, 0.1) is 17.6 Å². The summed E-state index contributed by atoms with van der Waals surface area (Å²) in [6, 6.07) is 3.90. The highest BCUT2D eigenvalue weighted by molar-refractivity contribution is 7.99. The second kappa shape index (κ2) is 7.25. The topological polar surface area (TPSA) is 12.0 Å². The van der Waals surface area contributed by atoms with Crippen molar-refractivity contribution in [3.63, 3.8) is 0 Å². The van der Waals surface area contributed by atoms with E-state index in [4.69, 9.17) is 0 Å². The maximum atomic E-state index is 13.3. The SMILES string of the molecule is CCNC(CC1CCSCC1)c1cc(F)cc(F)c1. The van der Waals surface area contributed by atoms with E-state index in [1.807, 2.05) is 18.7 Å². The third-order valence-electron chi connectivity index (χ3n) is 3.65. The molecule has 1 saturated heterocycles. The van der Waals surface area contributed by atoms with Gasteiger partial charge in [-0.25, -0.2) is 8.78 Å². The standard InChI is InChI=1S/C15H21F2NS/c1-2-18-15(7-11-3-5-19-6-4-11)12-8-13(16)10-14(17)9-12/h8-11,15,18H,2-7H2,1H3. The highest BCUT2D eigenvalue weighted by Crippen LogP contribution is 2.31. The van der Waals surface area contributed by atoms with Gasteiger partial charge >= 0.3 is 0 Å². The molecule has 1 aliphatic rings. The molecule has 1 fully saturated rings. The van der Waals surface area contributed by atoms with Gasteiger partial charge in [-0.2, -0.15) is 11.8 Å². The first-order valence-electron chi connectivity index (χ1n) is 6.96. The lowest BCUT2D eigenvalue weighted by atomic mass is 9.90. The quantitative estimate of drug-likeness (QED) is 0.872. The molecule has 0 aromatic heterocycles. The molecular formula is C15H21F2NS. The smallest absolute Gasteiger partial charge is 0.126 e. The van der Waals surface area contributed by atoms with Crippen LogP contribution in [0.5, 0.6) is 0 Å². The molecule has 1 unspecified atom stereocenters. The van der Waals surface area contributed by atoms with E-state index in [-0.39, 0.29) is 6.04 Å². The van der Waals surface area contributed by atoms with Crippen LogP contribution < -0.4 is 5.32 Å². The van der Waals surface area contributed by atoms with Crippen LogP contribution in [0.1, 0.15) is 37.8 Å². The summed E-state index contributed by atoms with van der Waals surface area (Å²) in [6.07, 6.45) is 3.39. The Hall–Kier alpha value is -0.610. The Kier molecular flexibility index (Phi) is 5.64. The van der Waals surface area contributed by atoms with Crippen molar-refractivity contribution in [2.24, 2.45) is 5.92 Å². The molecule has 0 bridgehead atoms. The van der Waals surface area contributed by atoms with Crippen LogP contribution in [0.25, 0.3) is 0 Å². The minimum Gasteiger partial charge on any atom is -0.310 e. The van der Waals surface area contributed by atoms with Crippen LogP contribution in [0.15, 0.2) is 18.2 Å². The van der Waals surface area contributed by atoms with Crippen molar-refractivity contribution in [3.8, 4) is 0 Å². The van der Waals surface area contributed by atoms with Crippen LogP contribution >= 0.6 is 11.8 Å². The van der Waals surface area contributed by atoms with Crippen LogP contribution in [-0.2, 0) is 0 Å². The Labute approximate surface area is 118 Å². The van der Waals surface area contributed by atoms with Gasteiger partial charge in [-0.05, 0) is 60.9 Å². The number of hydrogen-bond acceptors (Lipinski definition) is 2. The molecule has 106 valence electrons. The Morgan fingerprint density at radius 3 is 2.42 bits per heavy atom. The number of halogens is 2. The van der Waals surface area contributed by atoms with Crippen LogP contribution in [0.2, 0.25) is 0 Å². The average Bonchev–Trinajstić information content (AvgIpc) is 2.38. The fraction of sp³-hybridized carbons (Fsp3) is 0.600. The van der Waals surface area contributed by atoms with Gasteiger partial charge in [-0.3, -0.25) is 0 Å². The van der Waals surface area contributed by atoms with E-state index in [0.29, 0.717) is 5.92 Å². The van der Waals surface area contributed by atoms with E-state index in [9.17, 15) is 8.78 Å². The predicted molar refractivity (Wildman–Crippen MR) is 77.4 cm³/mol. The molecule has 1 aromatic carbocycles. The third kappa shape index (κ3) is 4.46.